The third kappa shape index (κ3) is 4.64. The van der Waals surface area contributed by atoms with Crippen molar-refractivity contribution in [3.8, 4) is 22.8 Å². The summed E-state index contributed by atoms with van der Waals surface area (Å²) in [7, 11) is -0.694. The van der Waals surface area contributed by atoms with Gasteiger partial charge in [0.05, 0.1) is 30.5 Å². The van der Waals surface area contributed by atoms with Gasteiger partial charge in [-0.05, 0) is 50.2 Å². The predicted molar refractivity (Wildman–Crippen MR) is 127 cm³/mol. The molecule has 0 radical (unpaired) electrons. The Morgan fingerprint density at radius 3 is 2.38 bits per heavy atom. The van der Waals surface area contributed by atoms with Crippen LogP contribution in [0, 0.1) is 13.8 Å². The summed E-state index contributed by atoms with van der Waals surface area (Å²) in [5.41, 5.74) is 3.28. The molecule has 0 amide bonds. The van der Waals surface area contributed by atoms with E-state index in [1.54, 1.807) is 52.3 Å². The van der Waals surface area contributed by atoms with Crippen molar-refractivity contribution in [2.24, 2.45) is 0 Å². The molecule has 0 saturated carbocycles. The van der Waals surface area contributed by atoms with E-state index in [1.807, 2.05) is 12.1 Å². The van der Waals surface area contributed by atoms with Crippen molar-refractivity contribution in [1.82, 2.24) is 15.1 Å². The van der Waals surface area contributed by atoms with Gasteiger partial charge in [0.25, 0.3) is 10.0 Å². The van der Waals surface area contributed by atoms with Gasteiger partial charge < -0.3 is 19.3 Å². The summed E-state index contributed by atoms with van der Waals surface area (Å²) in [6.07, 6.45) is 1.43. The van der Waals surface area contributed by atoms with E-state index in [1.165, 1.54) is 18.5 Å². The van der Waals surface area contributed by atoms with E-state index in [2.05, 4.69) is 25.2 Å². The van der Waals surface area contributed by atoms with Crippen molar-refractivity contribution < 1.29 is 22.4 Å². The van der Waals surface area contributed by atoms with Crippen LogP contribution in [0.4, 0.5) is 17.4 Å². The highest BCUT2D eigenvalue weighted by atomic mass is 32.2. The maximum Gasteiger partial charge on any atom is 0.264 e. The minimum absolute atomic E-state index is 0.0796. The van der Waals surface area contributed by atoms with Crippen LogP contribution in [0.25, 0.3) is 11.3 Å². The molecule has 176 valence electrons. The van der Waals surface area contributed by atoms with E-state index >= 15 is 0 Å². The summed E-state index contributed by atoms with van der Waals surface area (Å²) in [6.45, 7) is 3.47. The zero-order valence-electron chi connectivity index (χ0n) is 19.0. The first-order valence-electron chi connectivity index (χ1n) is 10.2. The van der Waals surface area contributed by atoms with E-state index < -0.39 is 10.0 Å². The number of para-hydroxylation sites is 1. The Bertz CT molecular complexity index is 1420. The smallest absolute Gasteiger partial charge is 0.264 e. The Balaban J connectivity index is 1.54. The van der Waals surface area contributed by atoms with Gasteiger partial charge in [0.1, 0.15) is 12.1 Å². The molecule has 2 heterocycles. The second kappa shape index (κ2) is 9.40. The lowest BCUT2D eigenvalue weighted by Crippen LogP contribution is -2.13. The van der Waals surface area contributed by atoms with Crippen LogP contribution in [-0.2, 0) is 10.0 Å². The van der Waals surface area contributed by atoms with E-state index in [-0.39, 0.29) is 10.8 Å². The number of anilines is 3. The molecule has 0 fully saturated rings. The number of aryl methyl sites for hydroxylation is 1. The Morgan fingerprint density at radius 2 is 1.74 bits per heavy atom. The normalized spacial score (nSPS) is 11.2. The molecule has 0 spiro atoms. The Labute approximate surface area is 197 Å². The summed E-state index contributed by atoms with van der Waals surface area (Å²) in [6, 6.07) is 13.5. The van der Waals surface area contributed by atoms with Crippen molar-refractivity contribution in [3.63, 3.8) is 0 Å². The van der Waals surface area contributed by atoms with Crippen LogP contribution in [-0.4, -0.2) is 37.8 Å². The summed E-state index contributed by atoms with van der Waals surface area (Å²) in [5, 5.41) is 6.92. The Hall–Kier alpha value is -4.12. The summed E-state index contributed by atoms with van der Waals surface area (Å²) in [4.78, 5) is 8.67. The fourth-order valence-electron chi connectivity index (χ4n) is 3.22. The van der Waals surface area contributed by atoms with Crippen molar-refractivity contribution in [3.05, 3.63) is 66.1 Å². The van der Waals surface area contributed by atoms with Crippen molar-refractivity contribution in [2.75, 3.05) is 24.3 Å². The maximum atomic E-state index is 12.7. The fourth-order valence-corrected chi connectivity index (χ4v) is 4.27. The van der Waals surface area contributed by atoms with Crippen molar-refractivity contribution >= 4 is 27.4 Å². The Kier molecular flexibility index (Phi) is 6.37. The monoisotopic (exact) mass is 481 g/mol. The number of ether oxygens (including phenoxy) is 2. The lowest BCUT2D eigenvalue weighted by atomic mass is 10.1. The molecule has 4 aromatic rings. The molecule has 0 aliphatic heterocycles. The summed E-state index contributed by atoms with van der Waals surface area (Å²) in [5.74, 6) is 1.78. The van der Waals surface area contributed by atoms with E-state index in [0.717, 1.165) is 5.56 Å². The largest absolute Gasteiger partial charge is 0.493 e. The summed E-state index contributed by atoms with van der Waals surface area (Å²) < 4.78 is 43.7. The van der Waals surface area contributed by atoms with Gasteiger partial charge in [0.2, 0.25) is 5.88 Å². The standard InChI is InChI=1S/C23H23N5O5S/c1-14-15(2)27-33-23(14)28-34(29,30)17-10-8-16(9-11-17)26-21-12-19(24-13-25-21)18-6-5-7-20(31-3)22(18)32-4/h5-13,28H,1-4H3,(H,24,25,26). The van der Waals surface area contributed by atoms with Crippen molar-refractivity contribution in [1.29, 1.82) is 0 Å². The van der Waals surface area contributed by atoms with Crippen LogP contribution >= 0.6 is 0 Å². The minimum atomic E-state index is -3.83. The van der Waals surface area contributed by atoms with Gasteiger partial charge in [-0.2, -0.15) is 0 Å². The van der Waals surface area contributed by atoms with Crippen molar-refractivity contribution in [2.45, 2.75) is 18.7 Å². The van der Waals surface area contributed by atoms with Gasteiger partial charge in [-0.15, -0.1) is 0 Å². The molecule has 0 bridgehead atoms. The number of aromatic nitrogens is 3. The zero-order valence-corrected chi connectivity index (χ0v) is 19.8. The second-order valence-electron chi connectivity index (χ2n) is 7.31. The lowest BCUT2D eigenvalue weighted by Gasteiger charge is -2.13. The fraction of sp³-hybridized carbons (Fsp3) is 0.174. The number of methoxy groups -OCH3 is 2. The third-order valence-electron chi connectivity index (χ3n) is 5.17. The SMILES string of the molecule is COc1cccc(-c2cc(Nc3ccc(S(=O)(=O)Nc4onc(C)c4C)cc3)ncn2)c1OC. The number of rotatable bonds is 8. The van der Waals surface area contributed by atoms with Gasteiger partial charge >= 0.3 is 0 Å². The number of hydrogen-bond acceptors (Lipinski definition) is 9. The van der Waals surface area contributed by atoms with Crippen LogP contribution in [0.3, 0.4) is 0 Å². The Morgan fingerprint density at radius 1 is 0.971 bits per heavy atom. The quantitative estimate of drug-likeness (QED) is 0.378. The van der Waals surface area contributed by atoms with E-state index in [9.17, 15) is 8.42 Å². The average molecular weight is 482 g/mol. The first-order valence-corrected chi connectivity index (χ1v) is 11.7. The van der Waals surface area contributed by atoms with Crippen LogP contribution in [0.1, 0.15) is 11.3 Å². The molecule has 0 unspecified atom stereocenters. The summed E-state index contributed by atoms with van der Waals surface area (Å²) >= 11 is 0. The van der Waals surface area contributed by atoms with Crippen LogP contribution in [0.2, 0.25) is 0 Å². The molecule has 0 aliphatic rings. The van der Waals surface area contributed by atoms with Crippen LogP contribution in [0.5, 0.6) is 11.5 Å². The molecule has 4 rings (SSSR count). The van der Waals surface area contributed by atoms with Gasteiger partial charge in [0, 0.05) is 22.9 Å². The molecule has 0 saturated heterocycles. The average Bonchev–Trinajstić information content (AvgIpc) is 3.15. The number of benzene rings is 2. The van der Waals surface area contributed by atoms with Gasteiger partial charge in [-0.3, -0.25) is 0 Å². The topological polar surface area (TPSA) is 128 Å². The zero-order chi connectivity index (χ0) is 24.3. The predicted octanol–water partition coefficient (Wildman–Crippen LogP) is 4.31. The van der Waals surface area contributed by atoms with Gasteiger partial charge in [0.15, 0.2) is 11.5 Å². The number of hydrogen-bond donors (Lipinski definition) is 2. The molecular weight excluding hydrogens is 458 g/mol. The number of nitrogens with one attached hydrogen (secondary N) is 2. The highest BCUT2D eigenvalue weighted by molar-refractivity contribution is 7.92. The highest BCUT2D eigenvalue weighted by Crippen LogP contribution is 2.37. The molecule has 2 N–H and O–H groups in total. The van der Waals surface area contributed by atoms with Gasteiger partial charge in [-0.1, -0.05) is 11.2 Å². The molecular formula is C23H23N5O5S. The molecule has 2 aromatic carbocycles. The first-order chi connectivity index (χ1) is 16.3. The first kappa shape index (κ1) is 23.1. The molecule has 10 nitrogen and oxygen atoms in total. The molecule has 2 aromatic heterocycles. The third-order valence-corrected chi connectivity index (χ3v) is 6.51. The highest BCUT2D eigenvalue weighted by Gasteiger charge is 2.19. The number of sulfonamides is 1. The molecule has 0 atom stereocenters. The lowest BCUT2D eigenvalue weighted by molar-refractivity contribution is 0.356. The number of nitrogens with zero attached hydrogens (tertiary/aromatic N) is 3. The van der Waals surface area contributed by atoms with E-state index in [4.69, 9.17) is 14.0 Å². The van der Waals surface area contributed by atoms with Crippen LogP contribution < -0.4 is 19.5 Å². The molecule has 0 aliphatic carbocycles. The maximum absolute atomic E-state index is 12.7. The van der Waals surface area contributed by atoms with Crippen LogP contribution in [0.15, 0.2) is 64.3 Å². The molecule has 11 heteroatoms. The second-order valence-corrected chi connectivity index (χ2v) is 8.99. The van der Waals surface area contributed by atoms with Gasteiger partial charge in [-0.25, -0.2) is 23.1 Å². The van der Waals surface area contributed by atoms with E-state index in [0.29, 0.717) is 40.0 Å². The minimum Gasteiger partial charge on any atom is -0.493 e. The molecule has 34 heavy (non-hydrogen) atoms.